The predicted octanol–water partition coefficient (Wildman–Crippen LogP) is 6.32. The lowest BCUT2D eigenvalue weighted by atomic mass is 10.0. The first-order valence-electron chi connectivity index (χ1n) is 25.9. The molecule has 0 heterocycles. The molecule has 0 saturated heterocycles. The van der Waals surface area contributed by atoms with E-state index >= 15 is 0 Å². The summed E-state index contributed by atoms with van der Waals surface area (Å²) in [7, 11) is 0. The third-order valence-corrected chi connectivity index (χ3v) is 11.4. The topological polar surface area (TPSA) is 272 Å². The molecule has 428 valence electrons. The quantitative estimate of drug-likeness (QED) is 0.0222. The van der Waals surface area contributed by atoms with Crippen LogP contribution in [0.2, 0.25) is 0 Å². The molecule has 0 saturated carbocycles. The molecule has 0 aliphatic rings. The number of hydrogen-bond acceptors (Lipinski definition) is 14. The van der Waals surface area contributed by atoms with Crippen LogP contribution in [0.15, 0.2) is 78.9 Å². The van der Waals surface area contributed by atoms with Crippen molar-refractivity contribution in [1.82, 2.24) is 31.9 Å². The number of benzene rings is 3. The van der Waals surface area contributed by atoms with Crippen molar-refractivity contribution in [3.63, 3.8) is 0 Å². The molecule has 3 aromatic rings. The van der Waals surface area contributed by atoms with Gasteiger partial charge in [-0.1, -0.05) is 54.6 Å². The van der Waals surface area contributed by atoms with E-state index in [0.717, 1.165) is 5.56 Å². The molecule has 0 aliphatic heterocycles. The Morgan fingerprint density at radius 2 is 0.987 bits per heavy atom. The fraction of sp³-hybridized carbons (Fsp3) is 0.526. The van der Waals surface area contributed by atoms with Crippen LogP contribution in [0.3, 0.4) is 0 Å². The summed E-state index contributed by atoms with van der Waals surface area (Å²) in [5.74, 6) is -4.53. The molecule has 4 atom stereocenters. The molecule has 6 N–H and O–H groups in total. The van der Waals surface area contributed by atoms with Crippen molar-refractivity contribution < 1.29 is 66.8 Å². The molecular weight excluding hydrogens is 1120 g/mol. The number of hydrogen-bond donors (Lipinski definition) is 6. The van der Waals surface area contributed by atoms with E-state index in [1.807, 2.05) is 52.9 Å². The van der Waals surface area contributed by atoms with Crippen LogP contribution >= 0.6 is 22.6 Å². The van der Waals surface area contributed by atoms with Crippen molar-refractivity contribution in [1.29, 1.82) is 0 Å². The third kappa shape index (κ3) is 27.0. The summed E-state index contributed by atoms with van der Waals surface area (Å²) < 4.78 is 28.5. The van der Waals surface area contributed by atoms with Crippen molar-refractivity contribution in [2.45, 2.75) is 175 Å². The first-order chi connectivity index (χ1) is 36.3. The van der Waals surface area contributed by atoms with E-state index in [1.165, 1.54) is 0 Å². The number of amides is 6. The molecule has 78 heavy (non-hydrogen) atoms. The Kier molecular flexibility index (Phi) is 25.5. The second-order valence-electron chi connectivity index (χ2n) is 22.5. The van der Waals surface area contributed by atoms with E-state index < -0.39 is 107 Å². The van der Waals surface area contributed by atoms with Gasteiger partial charge < -0.3 is 55.6 Å². The summed E-state index contributed by atoms with van der Waals surface area (Å²) in [5, 5.41) is 16.0. The number of rotatable bonds is 26. The summed E-state index contributed by atoms with van der Waals surface area (Å²) in [6.45, 7) is 19.6. The lowest BCUT2D eigenvalue weighted by Gasteiger charge is -2.27. The van der Waals surface area contributed by atoms with Crippen LogP contribution in [0.4, 0.5) is 4.79 Å². The third-order valence-electron chi connectivity index (χ3n) is 10.5. The highest BCUT2D eigenvalue weighted by Crippen LogP contribution is 2.19. The number of carbonyl (C=O) groups excluding carboxylic acids is 9. The Hall–Kier alpha value is -6.78. The van der Waals surface area contributed by atoms with E-state index in [2.05, 4.69) is 31.9 Å². The highest BCUT2D eigenvalue weighted by atomic mass is 127. The van der Waals surface area contributed by atoms with Crippen LogP contribution in [0, 0.1) is 3.57 Å². The van der Waals surface area contributed by atoms with Gasteiger partial charge in [-0.3, -0.25) is 24.0 Å². The highest BCUT2D eigenvalue weighted by Gasteiger charge is 2.32. The number of nitrogens with one attached hydrogen (secondary N) is 6. The van der Waals surface area contributed by atoms with Crippen LogP contribution in [0.1, 0.15) is 137 Å². The standard InChI is InChI=1S/C57H79IN6O14/c1-54(2,3)75-47(67)30-29-42(51(71)77-56(7,8)9)64-53(73)63-41(50(70)76-55(4,5)6)24-18-19-31-59-49(69)43(32-36-20-14-13-15-21-36)61-46(66)35-74-38-27-25-37(26-28-38)33-44(52(72)78-57(10,11)12)62-45(65)34-60-48(68)39-22-16-17-23-40(39)58/h13-17,20-23,25-28,41-44H,18-19,24,29-35H2,1-12H3,(H,59,69)(H,60,68)(H,61,66)(H,62,65)(H2,63,64,73)/t41-,42-,43-,44-/m0/s1. The fourth-order valence-corrected chi connectivity index (χ4v) is 7.81. The Morgan fingerprint density at radius 1 is 0.500 bits per heavy atom. The van der Waals surface area contributed by atoms with Crippen LogP contribution in [-0.4, -0.2) is 120 Å². The summed E-state index contributed by atoms with van der Waals surface area (Å²) in [5.41, 5.74) is -1.59. The van der Waals surface area contributed by atoms with Gasteiger partial charge in [-0.25, -0.2) is 19.2 Å². The van der Waals surface area contributed by atoms with Crippen LogP contribution in [0.25, 0.3) is 0 Å². The number of esters is 4. The second-order valence-corrected chi connectivity index (χ2v) is 23.6. The molecule has 0 bridgehead atoms. The summed E-state index contributed by atoms with van der Waals surface area (Å²) >= 11 is 2.03. The minimum atomic E-state index is -1.26. The van der Waals surface area contributed by atoms with Crippen LogP contribution < -0.4 is 36.6 Å². The zero-order valence-corrected chi connectivity index (χ0v) is 49.1. The Labute approximate surface area is 471 Å². The predicted molar refractivity (Wildman–Crippen MR) is 300 cm³/mol. The number of ether oxygens (including phenoxy) is 5. The number of urea groups is 1. The van der Waals surface area contributed by atoms with Crippen LogP contribution in [-0.2, 0) is 65.4 Å². The van der Waals surface area contributed by atoms with Gasteiger partial charge in [0.25, 0.3) is 11.8 Å². The van der Waals surface area contributed by atoms with E-state index in [4.69, 9.17) is 23.7 Å². The first-order valence-corrected chi connectivity index (χ1v) is 27.0. The van der Waals surface area contributed by atoms with Gasteiger partial charge >= 0.3 is 29.9 Å². The van der Waals surface area contributed by atoms with E-state index in [1.54, 1.807) is 132 Å². The molecule has 21 heteroatoms. The summed E-state index contributed by atoms with van der Waals surface area (Å²) in [6, 6.07) is 17.2. The zero-order chi connectivity index (χ0) is 58.4. The van der Waals surface area contributed by atoms with E-state index in [-0.39, 0.29) is 45.2 Å². The molecule has 3 aromatic carbocycles. The number of carbonyl (C=O) groups is 9. The van der Waals surface area contributed by atoms with Gasteiger partial charge in [-0.15, -0.1) is 0 Å². The van der Waals surface area contributed by atoms with Gasteiger partial charge in [-0.2, -0.15) is 0 Å². The fourth-order valence-electron chi connectivity index (χ4n) is 7.18. The molecule has 3 rings (SSSR count). The molecule has 0 aliphatic carbocycles. The van der Waals surface area contributed by atoms with E-state index in [0.29, 0.717) is 33.3 Å². The minimum Gasteiger partial charge on any atom is -0.484 e. The van der Waals surface area contributed by atoms with Gasteiger partial charge in [0.15, 0.2) is 6.61 Å². The van der Waals surface area contributed by atoms with Gasteiger partial charge in [0.2, 0.25) is 11.8 Å². The zero-order valence-electron chi connectivity index (χ0n) is 47.0. The Morgan fingerprint density at radius 3 is 1.54 bits per heavy atom. The first kappa shape index (κ1) is 65.5. The second kappa shape index (κ2) is 30.4. The normalized spacial score (nSPS) is 13.2. The monoisotopic (exact) mass is 1200 g/mol. The molecule has 0 aromatic heterocycles. The van der Waals surface area contributed by atoms with Gasteiger partial charge in [0.1, 0.15) is 52.3 Å². The number of unbranched alkanes of at least 4 members (excludes halogenated alkanes) is 1. The SMILES string of the molecule is CC(C)(C)OC(=O)CC[C@H](NC(=O)N[C@@H](CCCCNC(=O)[C@H](Cc1ccccc1)NC(=O)COc1ccc(C[C@H](NC(=O)CNC(=O)c2ccccc2I)C(=O)OC(C)(C)C)cc1)C(=O)OC(C)(C)C)C(=O)OC(C)(C)C. The summed E-state index contributed by atoms with van der Waals surface area (Å²) in [4.78, 5) is 118. The molecule has 20 nitrogen and oxygen atoms in total. The number of halogens is 1. The maximum Gasteiger partial charge on any atom is 0.329 e. The summed E-state index contributed by atoms with van der Waals surface area (Å²) in [6.07, 6.45) is 0.635. The van der Waals surface area contributed by atoms with Crippen molar-refractivity contribution in [2.75, 3.05) is 19.7 Å². The molecule has 0 spiro atoms. The van der Waals surface area contributed by atoms with Crippen molar-refractivity contribution in [3.05, 3.63) is 99.1 Å². The maximum absolute atomic E-state index is 13.7. The van der Waals surface area contributed by atoms with Gasteiger partial charge in [0.05, 0.1) is 12.1 Å². The molecule has 0 radical (unpaired) electrons. The maximum atomic E-state index is 13.7. The van der Waals surface area contributed by atoms with Crippen LogP contribution in [0.5, 0.6) is 5.75 Å². The van der Waals surface area contributed by atoms with E-state index in [9.17, 15) is 43.2 Å². The van der Waals surface area contributed by atoms with Gasteiger partial charge in [0, 0.05) is 29.4 Å². The van der Waals surface area contributed by atoms with Crippen molar-refractivity contribution in [3.8, 4) is 5.75 Å². The minimum absolute atomic E-state index is 0.0399. The average Bonchev–Trinajstić information content (AvgIpc) is 3.31. The lowest BCUT2D eigenvalue weighted by molar-refractivity contribution is -0.159. The van der Waals surface area contributed by atoms with Crippen molar-refractivity contribution in [2.24, 2.45) is 0 Å². The average molecular weight is 1200 g/mol. The Bertz CT molecular complexity index is 2510. The lowest BCUT2D eigenvalue weighted by Crippen LogP contribution is -2.53. The highest BCUT2D eigenvalue weighted by molar-refractivity contribution is 14.1. The largest absolute Gasteiger partial charge is 0.484 e. The van der Waals surface area contributed by atoms with Gasteiger partial charge in [-0.05, 0) is 167 Å². The Balaban J connectivity index is 1.62. The molecular formula is C57H79IN6O14. The molecule has 6 amide bonds. The molecule has 0 fully saturated rings. The molecule has 0 unspecified atom stereocenters. The smallest absolute Gasteiger partial charge is 0.329 e. The van der Waals surface area contributed by atoms with Crippen molar-refractivity contribution >= 4 is 76.1 Å².